The van der Waals surface area contributed by atoms with E-state index in [9.17, 15) is 9.59 Å². The zero-order valence-corrected chi connectivity index (χ0v) is 11.5. The number of pyridine rings is 1. The summed E-state index contributed by atoms with van der Waals surface area (Å²) >= 11 is 1.64. The Morgan fingerprint density at radius 1 is 1.42 bits per heavy atom. The predicted octanol–water partition coefficient (Wildman–Crippen LogP) is 1.47. The quantitative estimate of drug-likeness (QED) is 0.659. The number of carboxylic acids is 1. The monoisotopic (exact) mass is 283 g/mol. The van der Waals surface area contributed by atoms with Gasteiger partial charge in [0, 0.05) is 19.3 Å². The van der Waals surface area contributed by atoms with Gasteiger partial charge in [-0.15, -0.1) is 11.8 Å². The molecule has 7 heteroatoms. The van der Waals surface area contributed by atoms with Crippen molar-refractivity contribution in [1.29, 1.82) is 0 Å². The van der Waals surface area contributed by atoms with Gasteiger partial charge in [-0.25, -0.2) is 9.78 Å². The smallest absolute Gasteiger partial charge is 0.315 e. The van der Waals surface area contributed by atoms with Crippen molar-refractivity contribution in [1.82, 2.24) is 15.6 Å². The van der Waals surface area contributed by atoms with E-state index < -0.39 is 5.97 Å². The fraction of sp³-hybridized carbons (Fsp3) is 0.417. The van der Waals surface area contributed by atoms with Crippen LogP contribution in [0.3, 0.4) is 0 Å². The van der Waals surface area contributed by atoms with Gasteiger partial charge < -0.3 is 15.7 Å². The summed E-state index contributed by atoms with van der Waals surface area (Å²) in [4.78, 5) is 25.8. The van der Waals surface area contributed by atoms with Crippen LogP contribution in [0, 0.1) is 0 Å². The van der Waals surface area contributed by atoms with Crippen LogP contribution < -0.4 is 10.6 Å². The molecule has 0 saturated carbocycles. The van der Waals surface area contributed by atoms with Crippen molar-refractivity contribution >= 4 is 23.8 Å². The van der Waals surface area contributed by atoms with Crippen LogP contribution >= 0.6 is 11.8 Å². The zero-order valence-electron chi connectivity index (χ0n) is 10.7. The molecule has 0 bridgehead atoms. The molecule has 0 aliphatic heterocycles. The van der Waals surface area contributed by atoms with Gasteiger partial charge in [0.2, 0.25) is 0 Å². The summed E-state index contributed by atoms with van der Waals surface area (Å²) in [7, 11) is 0. The number of aliphatic carboxylic acids is 1. The molecule has 6 nitrogen and oxygen atoms in total. The Balaban J connectivity index is 2.33. The van der Waals surface area contributed by atoms with Crippen molar-refractivity contribution in [3.8, 4) is 0 Å². The van der Waals surface area contributed by atoms with E-state index in [0.29, 0.717) is 6.54 Å². The average molecular weight is 283 g/mol. The minimum Gasteiger partial charge on any atom is -0.481 e. The molecule has 0 aromatic carbocycles. The van der Waals surface area contributed by atoms with Crippen LogP contribution in [-0.2, 0) is 11.3 Å². The number of thioether (sulfide) groups is 1. The highest BCUT2D eigenvalue weighted by molar-refractivity contribution is 7.99. The lowest BCUT2D eigenvalue weighted by atomic mass is 10.3. The average Bonchev–Trinajstić information content (AvgIpc) is 2.37. The van der Waals surface area contributed by atoms with E-state index in [2.05, 4.69) is 15.6 Å². The molecule has 0 aliphatic rings. The van der Waals surface area contributed by atoms with Crippen molar-refractivity contribution in [2.24, 2.45) is 0 Å². The van der Waals surface area contributed by atoms with Gasteiger partial charge in [-0.3, -0.25) is 4.79 Å². The van der Waals surface area contributed by atoms with Gasteiger partial charge in [-0.1, -0.05) is 6.92 Å². The number of rotatable bonds is 7. The molecule has 2 amide bonds. The minimum atomic E-state index is -0.935. The Hall–Kier alpha value is -1.76. The Morgan fingerprint density at radius 2 is 2.21 bits per heavy atom. The summed E-state index contributed by atoms with van der Waals surface area (Å²) in [5, 5.41) is 14.5. The van der Waals surface area contributed by atoms with Crippen LogP contribution in [0.15, 0.2) is 23.4 Å². The van der Waals surface area contributed by atoms with E-state index in [0.717, 1.165) is 16.3 Å². The van der Waals surface area contributed by atoms with Crippen LogP contribution in [0.5, 0.6) is 0 Å². The number of urea groups is 1. The van der Waals surface area contributed by atoms with Gasteiger partial charge >= 0.3 is 12.0 Å². The van der Waals surface area contributed by atoms with E-state index in [1.165, 1.54) is 0 Å². The lowest BCUT2D eigenvalue weighted by Gasteiger charge is -2.07. The summed E-state index contributed by atoms with van der Waals surface area (Å²) in [5.74, 6) is 0.00944. The number of nitrogens with one attached hydrogen (secondary N) is 2. The third-order valence-corrected chi connectivity index (χ3v) is 2.98. The highest BCUT2D eigenvalue weighted by atomic mass is 32.2. The Morgan fingerprint density at radius 3 is 2.89 bits per heavy atom. The van der Waals surface area contributed by atoms with Crippen LogP contribution in [-0.4, -0.2) is 34.4 Å². The van der Waals surface area contributed by atoms with E-state index in [-0.39, 0.29) is 19.0 Å². The molecule has 0 radical (unpaired) electrons. The highest BCUT2D eigenvalue weighted by Gasteiger charge is 2.03. The van der Waals surface area contributed by atoms with Crippen molar-refractivity contribution < 1.29 is 14.7 Å². The van der Waals surface area contributed by atoms with Crippen molar-refractivity contribution in [3.63, 3.8) is 0 Å². The van der Waals surface area contributed by atoms with Crippen LogP contribution in [0.25, 0.3) is 0 Å². The van der Waals surface area contributed by atoms with Crippen LogP contribution in [0.1, 0.15) is 18.9 Å². The predicted molar refractivity (Wildman–Crippen MR) is 73.1 cm³/mol. The number of carboxylic acid groups (broad SMARTS) is 1. The number of amides is 2. The number of carbonyl (C=O) groups is 2. The van der Waals surface area contributed by atoms with Gasteiger partial charge in [-0.2, -0.15) is 0 Å². The first-order valence-corrected chi connectivity index (χ1v) is 6.91. The number of nitrogens with zero attached hydrogens (tertiary/aromatic N) is 1. The molecule has 0 aliphatic carbocycles. The van der Waals surface area contributed by atoms with Crippen molar-refractivity contribution in [3.05, 3.63) is 23.9 Å². The molecule has 3 N–H and O–H groups in total. The molecule has 19 heavy (non-hydrogen) atoms. The van der Waals surface area contributed by atoms with Crippen LogP contribution in [0.2, 0.25) is 0 Å². The summed E-state index contributed by atoms with van der Waals surface area (Å²) in [6, 6.07) is 3.38. The first-order valence-electron chi connectivity index (χ1n) is 5.93. The van der Waals surface area contributed by atoms with Gasteiger partial charge in [0.15, 0.2) is 0 Å². The third-order valence-electron chi connectivity index (χ3n) is 2.17. The fourth-order valence-corrected chi connectivity index (χ4v) is 1.98. The summed E-state index contributed by atoms with van der Waals surface area (Å²) in [6.45, 7) is 2.56. The lowest BCUT2D eigenvalue weighted by Crippen LogP contribution is -2.36. The Kier molecular flexibility index (Phi) is 6.73. The highest BCUT2D eigenvalue weighted by Crippen LogP contribution is 2.15. The van der Waals surface area contributed by atoms with E-state index in [1.54, 1.807) is 18.0 Å². The second-order valence-electron chi connectivity index (χ2n) is 3.69. The molecule has 104 valence electrons. The number of carbonyl (C=O) groups excluding carboxylic acids is 1. The van der Waals surface area contributed by atoms with Gasteiger partial charge in [0.25, 0.3) is 0 Å². The maximum atomic E-state index is 11.4. The van der Waals surface area contributed by atoms with E-state index in [4.69, 9.17) is 5.11 Å². The molecule has 0 atom stereocenters. The maximum Gasteiger partial charge on any atom is 0.315 e. The molecule has 0 unspecified atom stereocenters. The summed E-state index contributed by atoms with van der Waals surface area (Å²) < 4.78 is 0. The molecule has 1 aromatic heterocycles. The summed E-state index contributed by atoms with van der Waals surface area (Å²) in [5.41, 5.74) is 0.958. The van der Waals surface area contributed by atoms with Gasteiger partial charge in [-0.05, 0) is 23.4 Å². The largest absolute Gasteiger partial charge is 0.481 e. The first-order chi connectivity index (χ1) is 9.11. The number of hydrogen-bond acceptors (Lipinski definition) is 4. The topological polar surface area (TPSA) is 91.3 Å². The van der Waals surface area contributed by atoms with E-state index in [1.807, 2.05) is 19.1 Å². The molecule has 1 heterocycles. The Labute approximate surface area is 116 Å². The SMILES string of the molecule is CCSc1cc(CNC(=O)NCCC(=O)O)ccn1. The molecule has 0 spiro atoms. The number of hydrogen-bond donors (Lipinski definition) is 3. The molecule has 0 fully saturated rings. The number of aromatic nitrogens is 1. The maximum absolute atomic E-state index is 11.4. The van der Waals surface area contributed by atoms with E-state index >= 15 is 0 Å². The summed E-state index contributed by atoms with van der Waals surface area (Å²) in [6.07, 6.45) is 1.62. The second-order valence-corrected chi connectivity index (χ2v) is 4.97. The minimum absolute atomic E-state index is 0.0834. The fourth-order valence-electron chi connectivity index (χ4n) is 1.32. The standard InChI is InChI=1S/C12H17N3O3S/c1-2-19-10-7-9(3-5-13-10)8-15-12(18)14-6-4-11(16)17/h3,5,7H,2,4,6,8H2,1H3,(H,16,17)(H2,14,15,18). The second kappa shape index (κ2) is 8.36. The van der Waals surface area contributed by atoms with Crippen LogP contribution in [0.4, 0.5) is 4.79 Å². The first kappa shape index (κ1) is 15.3. The van der Waals surface area contributed by atoms with Crippen molar-refractivity contribution in [2.75, 3.05) is 12.3 Å². The zero-order chi connectivity index (χ0) is 14.1. The molecule has 1 rings (SSSR count). The molecule has 0 saturated heterocycles. The van der Waals surface area contributed by atoms with Crippen molar-refractivity contribution in [2.45, 2.75) is 24.9 Å². The lowest BCUT2D eigenvalue weighted by molar-refractivity contribution is -0.136. The molecular weight excluding hydrogens is 266 g/mol. The van der Waals surface area contributed by atoms with Gasteiger partial charge in [0.1, 0.15) is 0 Å². The molecule has 1 aromatic rings. The Bertz CT molecular complexity index is 440. The third kappa shape index (κ3) is 6.66. The molecular formula is C12H17N3O3S. The van der Waals surface area contributed by atoms with Gasteiger partial charge in [0.05, 0.1) is 11.4 Å². The normalized spacial score (nSPS) is 9.95.